The number of carbonyl (C=O) groups is 2. The zero-order valence-electron chi connectivity index (χ0n) is 14.9. The summed E-state index contributed by atoms with van der Waals surface area (Å²) in [5.74, 6) is -1.18. The Labute approximate surface area is 152 Å². The van der Waals surface area contributed by atoms with E-state index in [2.05, 4.69) is 0 Å². The Kier molecular flexibility index (Phi) is 5.03. The van der Waals surface area contributed by atoms with E-state index < -0.39 is 23.0 Å². The summed E-state index contributed by atoms with van der Waals surface area (Å²) in [7, 11) is 0. The van der Waals surface area contributed by atoms with E-state index in [0.717, 1.165) is 5.56 Å². The van der Waals surface area contributed by atoms with Crippen LogP contribution >= 0.6 is 0 Å². The number of hydrogen-bond acceptors (Lipinski definition) is 3. The van der Waals surface area contributed by atoms with Crippen molar-refractivity contribution in [2.45, 2.75) is 51.2 Å². The van der Waals surface area contributed by atoms with Crippen LogP contribution in [0.15, 0.2) is 42.2 Å². The third kappa shape index (κ3) is 3.32. The number of rotatable bonds is 4. The van der Waals surface area contributed by atoms with Crippen molar-refractivity contribution in [3.05, 3.63) is 47.8 Å². The summed E-state index contributed by atoms with van der Waals surface area (Å²) in [6.45, 7) is 2.14. The van der Waals surface area contributed by atoms with Crippen molar-refractivity contribution in [3.63, 3.8) is 0 Å². The molecule has 1 unspecified atom stereocenters. The average Bonchev–Trinajstić information content (AvgIpc) is 2.99. The third-order valence-electron chi connectivity index (χ3n) is 5.74. The Morgan fingerprint density at radius 1 is 1.31 bits per heavy atom. The minimum absolute atomic E-state index is 0.0944. The first kappa shape index (κ1) is 18.4. The Hall–Kier alpha value is -2.37. The summed E-state index contributed by atoms with van der Waals surface area (Å²) >= 11 is 0. The molecule has 1 aromatic rings. The molecular weight excluding hydrogens is 337 g/mol. The maximum absolute atomic E-state index is 13.5. The van der Waals surface area contributed by atoms with E-state index in [9.17, 15) is 19.1 Å². The number of carboxylic acids is 1. The molecule has 0 radical (unpaired) electrons. The molecule has 2 aliphatic rings. The van der Waals surface area contributed by atoms with Gasteiger partial charge in [-0.1, -0.05) is 43.3 Å². The van der Waals surface area contributed by atoms with E-state index >= 15 is 0 Å². The van der Waals surface area contributed by atoms with Gasteiger partial charge in [-0.2, -0.15) is 0 Å². The highest BCUT2D eigenvalue weighted by molar-refractivity contribution is 5.85. The fourth-order valence-corrected chi connectivity index (χ4v) is 4.17. The van der Waals surface area contributed by atoms with Gasteiger partial charge in [-0.15, -0.1) is 0 Å². The van der Waals surface area contributed by atoms with E-state index in [1.54, 1.807) is 6.92 Å². The van der Waals surface area contributed by atoms with Crippen molar-refractivity contribution in [1.82, 2.24) is 4.90 Å². The lowest BCUT2D eigenvalue weighted by Crippen LogP contribution is -2.52. The second kappa shape index (κ2) is 7.09. The van der Waals surface area contributed by atoms with Crippen molar-refractivity contribution < 1.29 is 23.8 Å². The quantitative estimate of drug-likeness (QED) is 0.869. The van der Waals surface area contributed by atoms with Gasteiger partial charge in [-0.3, -0.25) is 4.90 Å². The minimum Gasteiger partial charge on any atom is -0.479 e. The first-order chi connectivity index (χ1) is 12.4. The molecule has 0 aromatic heterocycles. The van der Waals surface area contributed by atoms with Gasteiger partial charge in [-0.25, -0.2) is 14.0 Å². The van der Waals surface area contributed by atoms with Crippen molar-refractivity contribution in [3.8, 4) is 0 Å². The zero-order valence-corrected chi connectivity index (χ0v) is 14.9. The van der Waals surface area contributed by atoms with E-state index in [-0.39, 0.29) is 25.4 Å². The number of halogens is 1. The number of amides is 1. The van der Waals surface area contributed by atoms with Crippen LogP contribution in [0.4, 0.5) is 9.18 Å². The number of aliphatic carboxylic acids is 1. The van der Waals surface area contributed by atoms with Crippen LogP contribution in [0.1, 0.15) is 44.6 Å². The van der Waals surface area contributed by atoms with Gasteiger partial charge in [0.2, 0.25) is 0 Å². The lowest BCUT2D eigenvalue weighted by atomic mass is 9.72. The molecule has 1 aliphatic heterocycles. The number of hydrogen-bond donors (Lipinski definition) is 1. The molecule has 140 valence electrons. The third-order valence-corrected chi connectivity index (χ3v) is 5.74. The molecule has 1 aliphatic carbocycles. The van der Waals surface area contributed by atoms with E-state index in [1.807, 2.05) is 30.3 Å². The lowest BCUT2D eigenvalue weighted by molar-refractivity contribution is -0.149. The highest BCUT2D eigenvalue weighted by Gasteiger charge is 2.59. The first-order valence-corrected chi connectivity index (χ1v) is 8.97. The molecule has 6 heteroatoms. The summed E-state index contributed by atoms with van der Waals surface area (Å²) in [4.78, 5) is 26.2. The molecule has 5 nitrogen and oxygen atoms in total. The standard InChI is InChI=1S/C20H24FNO4/c1-2-20(17(23)24)13-19(10-8-16(21)9-11-19)14-22(20)18(25)26-12-15-6-4-3-5-7-15/h3-8H,2,9-14H2,1H3,(H,23,24)/t19?,20-/m0/s1. The summed E-state index contributed by atoms with van der Waals surface area (Å²) in [5, 5.41) is 9.90. The molecule has 0 bridgehead atoms. The highest BCUT2D eigenvalue weighted by Crippen LogP contribution is 2.51. The van der Waals surface area contributed by atoms with Gasteiger partial charge in [0.05, 0.1) is 5.83 Å². The second-order valence-electron chi connectivity index (χ2n) is 7.35. The van der Waals surface area contributed by atoms with E-state index in [0.29, 0.717) is 25.7 Å². The summed E-state index contributed by atoms with van der Waals surface area (Å²) in [6.07, 6.45) is 2.83. The van der Waals surface area contributed by atoms with Crippen LogP contribution in [0, 0.1) is 5.41 Å². The SMILES string of the molecule is CC[C@@]1(C(=O)O)CC2(CC=C(F)CC2)CN1C(=O)OCc1ccccc1. The molecular formula is C20H24FNO4. The zero-order chi connectivity index (χ0) is 18.8. The van der Waals surface area contributed by atoms with Gasteiger partial charge in [-0.05, 0) is 43.1 Å². The van der Waals surface area contributed by atoms with Gasteiger partial charge >= 0.3 is 12.1 Å². The molecule has 1 aromatic carbocycles. The molecule has 26 heavy (non-hydrogen) atoms. The monoisotopic (exact) mass is 361 g/mol. The fraction of sp³-hybridized carbons (Fsp3) is 0.500. The minimum atomic E-state index is -1.30. The lowest BCUT2D eigenvalue weighted by Gasteiger charge is -2.33. The first-order valence-electron chi connectivity index (χ1n) is 8.97. The molecule has 0 saturated carbocycles. The number of carboxylic acid groups (broad SMARTS) is 1. The molecule has 1 spiro atoms. The molecule has 1 amide bonds. The van der Waals surface area contributed by atoms with Crippen LogP contribution in [0.2, 0.25) is 0 Å². The normalized spacial score (nSPS) is 28.1. The Bertz CT molecular complexity index is 720. The smallest absolute Gasteiger partial charge is 0.411 e. The maximum Gasteiger partial charge on any atom is 0.411 e. The summed E-state index contributed by atoms with van der Waals surface area (Å²) in [5.41, 5.74) is -0.847. The molecule has 2 atom stereocenters. The van der Waals surface area contributed by atoms with E-state index in [4.69, 9.17) is 4.74 Å². The summed E-state index contributed by atoms with van der Waals surface area (Å²) < 4.78 is 18.9. The summed E-state index contributed by atoms with van der Waals surface area (Å²) in [6, 6.07) is 9.27. The Morgan fingerprint density at radius 3 is 2.62 bits per heavy atom. The van der Waals surface area contributed by atoms with Crippen LogP contribution in [0.25, 0.3) is 0 Å². The number of likely N-dealkylation sites (tertiary alicyclic amines) is 1. The van der Waals surface area contributed by atoms with Crippen LogP contribution < -0.4 is 0 Å². The van der Waals surface area contributed by atoms with Gasteiger partial charge in [0.1, 0.15) is 12.1 Å². The van der Waals surface area contributed by atoms with Gasteiger partial charge in [0.15, 0.2) is 0 Å². The van der Waals surface area contributed by atoms with E-state index in [1.165, 1.54) is 11.0 Å². The van der Waals surface area contributed by atoms with Crippen molar-refractivity contribution in [2.24, 2.45) is 5.41 Å². The highest BCUT2D eigenvalue weighted by atomic mass is 19.1. The predicted molar refractivity (Wildman–Crippen MR) is 94.1 cm³/mol. The fourth-order valence-electron chi connectivity index (χ4n) is 4.17. The van der Waals surface area contributed by atoms with Crippen molar-refractivity contribution in [1.29, 1.82) is 0 Å². The predicted octanol–water partition coefficient (Wildman–Crippen LogP) is 4.29. The number of allylic oxidation sites excluding steroid dienone is 2. The molecule has 1 heterocycles. The molecule has 1 N–H and O–H groups in total. The van der Waals surface area contributed by atoms with Crippen LogP contribution in [-0.4, -0.2) is 34.2 Å². The van der Waals surface area contributed by atoms with Gasteiger partial charge in [0, 0.05) is 6.54 Å². The van der Waals surface area contributed by atoms with Crippen LogP contribution in [0.5, 0.6) is 0 Å². The Balaban J connectivity index is 1.80. The maximum atomic E-state index is 13.5. The number of nitrogens with zero attached hydrogens (tertiary/aromatic N) is 1. The molecule has 3 rings (SSSR count). The Morgan fingerprint density at radius 2 is 2.04 bits per heavy atom. The number of ether oxygens (including phenoxy) is 1. The van der Waals surface area contributed by atoms with Crippen LogP contribution in [0.3, 0.4) is 0 Å². The number of benzene rings is 1. The largest absolute Gasteiger partial charge is 0.479 e. The number of carbonyl (C=O) groups excluding carboxylic acids is 1. The van der Waals surface area contributed by atoms with Gasteiger partial charge < -0.3 is 9.84 Å². The van der Waals surface area contributed by atoms with Crippen LogP contribution in [-0.2, 0) is 16.1 Å². The second-order valence-corrected chi connectivity index (χ2v) is 7.35. The van der Waals surface area contributed by atoms with Crippen molar-refractivity contribution in [2.75, 3.05) is 6.54 Å². The van der Waals surface area contributed by atoms with Crippen molar-refractivity contribution >= 4 is 12.1 Å². The van der Waals surface area contributed by atoms with Gasteiger partial charge in [0.25, 0.3) is 0 Å². The molecule has 1 saturated heterocycles. The topological polar surface area (TPSA) is 66.8 Å². The average molecular weight is 361 g/mol. The molecule has 1 fully saturated rings.